The SMILES string of the molecule is O=C(Cn1cnnn1)N1CCN(C(=O)c2cc(-c3ccc(Cl)cc3)on2)CC1. The molecular formula is C17H16ClN7O3. The molecule has 1 saturated heterocycles. The number of carbonyl (C=O) groups excluding carboxylic acids is 2. The van der Waals surface area contributed by atoms with E-state index in [-0.39, 0.29) is 24.1 Å². The summed E-state index contributed by atoms with van der Waals surface area (Å²) in [6, 6.07) is 8.69. The van der Waals surface area contributed by atoms with Crippen molar-refractivity contribution < 1.29 is 14.1 Å². The van der Waals surface area contributed by atoms with E-state index in [0.29, 0.717) is 37.0 Å². The number of benzene rings is 1. The largest absolute Gasteiger partial charge is 0.355 e. The summed E-state index contributed by atoms with van der Waals surface area (Å²) in [4.78, 5) is 28.3. The van der Waals surface area contributed by atoms with Gasteiger partial charge in [-0.15, -0.1) is 5.10 Å². The standard InChI is InChI=1S/C17H16ClN7O3/c18-13-3-1-12(2-4-13)15-9-14(20-28-15)17(27)24-7-5-23(6-8-24)16(26)10-25-11-19-21-22-25/h1-4,9,11H,5-8,10H2. The molecule has 0 aliphatic carbocycles. The Balaban J connectivity index is 1.35. The second kappa shape index (κ2) is 7.77. The highest BCUT2D eigenvalue weighted by Gasteiger charge is 2.27. The topological polar surface area (TPSA) is 110 Å². The van der Waals surface area contributed by atoms with Gasteiger partial charge in [0.1, 0.15) is 12.9 Å². The summed E-state index contributed by atoms with van der Waals surface area (Å²) in [5.41, 5.74) is 1.02. The predicted octanol–water partition coefficient (Wildman–Crippen LogP) is 0.966. The van der Waals surface area contributed by atoms with Crippen LogP contribution in [-0.2, 0) is 11.3 Å². The summed E-state index contributed by atoms with van der Waals surface area (Å²) in [7, 11) is 0. The van der Waals surface area contributed by atoms with Crippen LogP contribution in [-0.4, -0.2) is 73.2 Å². The van der Waals surface area contributed by atoms with Gasteiger partial charge in [-0.2, -0.15) is 0 Å². The van der Waals surface area contributed by atoms with Crippen LogP contribution >= 0.6 is 11.6 Å². The number of piperazine rings is 1. The molecule has 2 amide bonds. The molecule has 0 N–H and O–H groups in total. The van der Waals surface area contributed by atoms with E-state index in [4.69, 9.17) is 16.1 Å². The number of rotatable bonds is 4. The number of halogens is 1. The van der Waals surface area contributed by atoms with Gasteiger partial charge in [0.05, 0.1) is 0 Å². The van der Waals surface area contributed by atoms with E-state index < -0.39 is 0 Å². The van der Waals surface area contributed by atoms with Crippen molar-refractivity contribution in [1.82, 2.24) is 35.2 Å². The van der Waals surface area contributed by atoms with Crippen LogP contribution in [0.15, 0.2) is 41.2 Å². The molecule has 0 bridgehead atoms. The predicted molar refractivity (Wildman–Crippen MR) is 97.2 cm³/mol. The fourth-order valence-corrected chi connectivity index (χ4v) is 3.06. The first-order valence-corrected chi connectivity index (χ1v) is 8.98. The van der Waals surface area contributed by atoms with E-state index in [1.54, 1.807) is 40.1 Å². The number of hydrogen-bond donors (Lipinski definition) is 0. The van der Waals surface area contributed by atoms with Crippen molar-refractivity contribution in [1.29, 1.82) is 0 Å². The van der Waals surface area contributed by atoms with E-state index in [1.165, 1.54) is 11.0 Å². The van der Waals surface area contributed by atoms with Gasteiger partial charge in [-0.05, 0) is 34.7 Å². The Labute approximate surface area is 164 Å². The lowest BCUT2D eigenvalue weighted by Gasteiger charge is -2.34. The van der Waals surface area contributed by atoms with Gasteiger partial charge in [-0.1, -0.05) is 16.8 Å². The third kappa shape index (κ3) is 3.86. The number of hydrogen-bond acceptors (Lipinski definition) is 7. The van der Waals surface area contributed by atoms with Gasteiger partial charge in [-0.25, -0.2) is 4.68 Å². The molecule has 0 radical (unpaired) electrons. The molecule has 144 valence electrons. The third-order valence-electron chi connectivity index (χ3n) is 4.47. The van der Waals surface area contributed by atoms with E-state index >= 15 is 0 Å². The number of aromatic nitrogens is 5. The lowest BCUT2D eigenvalue weighted by Crippen LogP contribution is -2.51. The maximum Gasteiger partial charge on any atom is 0.276 e. The number of amides is 2. The Hall–Kier alpha value is -3.27. The zero-order chi connectivity index (χ0) is 19.5. The minimum Gasteiger partial charge on any atom is -0.355 e. The fourth-order valence-electron chi connectivity index (χ4n) is 2.94. The molecule has 1 aliphatic heterocycles. The van der Waals surface area contributed by atoms with Gasteiger partial charge in [-0.3, -0.25) is 9.59 Å². The van der Waals surface area contributed by atoms with Crippen LogP contribution in [0.4, 0.5) is 0 Å². The molecule has 1 fully saturated rings. The second-order valence-electron chi connectivity index (χ2n) is 6.26. The van der Waals surface area contributed by atoms with Gasteiger partial charge in [0.25, 0.3) is 5.91 Å². The van der Waals surface area contributed by atoms with Gasteiger partial charge < -0.3 is 14.3 Å². The molecule has 4 rings (SSSR count). The van der Waals surface area contributed by atoms with Crippen LogP contribution < -0.4 is 0 Å². The molecule has 10 nitrogen and oxygen atoms in total. The first-order valence-electron chi connectivity index (χ1n) is 8.60. The zero-order valence-electron chi connectivity index (χ0n) is 14.7. The Morgan fingerprint density at radius 2 is 1.79 bits per heavy atom. The van der Waals surface area contributed by atoms with Crippen molar-refractivity contribution in [3.8, 4) is 11.3 Å². The summed E-state index contributed by atoms with van der Waals surface area (Å²) in [6.07, 6.45) is 1.39. The van der Waals surface area contributed by atoms with Gasteiger partial charge in [0.2, 0.25) is 5.91 Å². The van der Waals surface area contributed by atoms with Crippen molar-refractivity contribution >= 4 is 23.4 Å². The Bertz CT molecular complexity index is 963. The molecule has 1 aliphatic rings. The van der Waals surface area contributed by atoms with Crippen LogP contribution in [0, 0.1) is 0 Å². The third-order valence-corrected chi connectivity index (χ3v) is 4.72. The highest BCUT2D eigenvalue weighted by molar-refractivity contribution is 6.30. The minimum absolute atomic E-state index is 0.0781. The summed E-state index contributed by atoms with van der Waals surface area (Å²) >= 11 is 5.88. The average Bonchev–Trinajstić information content (AvgIpc) is 3.40. The fraction of sp³-hybridized carbons (Fsp3) is 0.294. The maximum absolute atomic E-state index is 12.7. The smallest absolute Gasteiger partial charge is 0.276 e. The molecule has 0 spiro atoms. The molecule has 11 heteroatoms. The maximum atomic E-state index is 12.7. The number of tetrazole rings is 1. The molecule has 3 heterocycles. The van der Waals surface area contributed by atoms with E-state index in [0.717, 1.165) is 5.56 Å². The molecule has 0 atom stereocenters. The number of nitrogens with zero attached hydrogens (tertiary/aromatic N) is 7. The van der Waals surface area contributed by atoms with E-state index in [2.05, 4.69) is 20.7 Å². The Kier molecular flexibility index (Phi) is 5.02. The van der Waals surface area contributed by atoms with Crippen molar-refractivity contribution in [3.05, 3.63) is 47.4 Å². The molecular weight excluding hydrogens is 386 g/mol. The summed E-state index contributed by atoms with van der Waals surface area (Å²) < 4.78 is 6.66. The van der Waals surface area contributed by atoms with Crippen molar-refractivity contribution in [2.75, 3.05) is 26.2 Å². The molecule has 28 heavy (non-hydrogen) atoms. The van der Waals surface area contributed by atoms with Gasteiger partial charge >= 0.3 is 0 Å². The van der Waals surface area contributed by atoms with Crippen molar-refractivity contribution in [3.63, 3.8) is 0 Å². The highest BCUT2D eigenvalue weighted by atomic mass is 35.5. The van der Waals surface area contributed by atoms with Crippen LogP contribution in [0.25, 0.3) is 11.3 Å². The lowest BCUT2D eigenvalue weighted by atomic mass is 10.1. The molecule has 3 aromatic rings. The quantitative estimate of drug-likeness (QED) is 0.640. The summed E-state index contributed by atoms with van der Waals surface area (Å²) in [5, 5.41) is 15.2. The molecule has 0 unspecified atom stereocenters. The van der Waals surface area contributed by atoms with E-state index in [1.807, 2.05) is 0 Å². The highest BCUT2D eigenvalue weighted by Crippen LogP contribution is 2.23. The van der Waals surface area contributed by atoms with Crippen LogP contribution in [0.3, 0.4) is 0 Å². The zero-order valence-corrected chi connectivity index (χ0v) is 15.5. The van der Waals surface area contributed by atoms with Gasteiger partial charge in [0, 0.05) is 42.8 Å². The number of carbonyl (C=O) groups is 2. The van der Waals surface area contributed by atoms with Crippen LogP contribution in [0.5, 0.6) is 0 Å². The Morgan fingerprint density at radius 3 is 2.46 bits per heavy atom. The Morgan fingerprint density at radius 1 is 1.07 bits per heavy atom. The summed E-state index contributed by atoms with van der Waals surface area (Å²) in [5.74, 6) is 0.178. The minimum atomic E-state index is -0.225. The van der Waals surface area contributed by atoms with Gasteiger partial charge in [0.15, 0.2) is 11.5 Å². The average molecular weight is 402 g/mol. The molecule has 2 aromatic heterocycles. The lowest BCUT2D eigenvalue weighted by molar-refractivity contribution is -0.133. The first-order chi connectivity index (χ1) is 13.6. The molecule has 1 aromatic carbocycles. The molecule has 0 saturated carbocycles. The van der Waals surface area contributed by atoms with Crippen molar-refractivity contribution in [2.24, 2.45) is 0 Å². The van der Waals surface area contributed by atoms with Crippen LogP contribution in [0.1, 0.15) is 10.5 Å². The van der Waals surface area contributed by atoms with Crippen molar-refractivity contribution in [2.45, 2.75) is 6.54 Å². The summed E-state index contributed by atoms with van der Waals surface area (Å²) in [6.45, 7) is 1.80. The normalized spacial score (nSPS) is 14.3. The monoisotopic (exact) mass is 401 g/mol. The first kappa shape index (κ1) is 18.1. The van der Waals surface area contributed by atoms with Crippen LogP contribution in [0.2, 0.25) is 5.02 Å². The van der Waals surface area contributed by atoms with E-state index in [9.17, 15) is 9.59 Å². The second-order valence-corrected chi connectivity index (χ2v) is 6.70.